The second kappa shape index (κ2) is 4.55. The molecule has 76 valence electrons. The van der Waals surface area contributed by atoms with Crippen molar-refractivity contribution in [2.75, 3.05) is 5.32 Å². The number of benzene rings is 1. The minimum Gasteiger partial charge on any atom is -0.362 e. The highest BCUT2D eigenvalue weighted by molar-refractivity contribution is 5.35. The van der Waals surface area contributed by atoms with Crippen LogP contribution in [0.1, 0.15) is 18.5 Å². The molecule has 3 heteroatoms. The first-order valence-corrected chi connectivity index (χ1v) is 4.94. The van der Waals surface area contributed by atoms with Gasteiger partial charge in [-0.1, -0.05) is 30.3 Å². The van der Waals surface area contributed by atoms with E-state index >= 15 is 0 Å². The second-order valence-corrected chi connectivity index (χ2v) is 3.37. The fourth-order valence-electron chi connectivity index (χ4n) is 1.42. The van der Waals surface area contributed by atoms with Crippen LogP contribution in [-0.4, -0.2) is 9.97 Å². The molecule has 0 aliphatic rings. The second-order valence-electron chi connectivity index (χ2n) is 3.37. The highest BCUT2D eigenvalue weighted by Gasteiger charge is 2.04. The summed E-state index contributed by atoms with van der Waals surface area (Å²) in [6.45, 7) is 2.10. The summed E-state index contributed by atoms with van der Waals surface area (Å²) in [4.78, 5) is 8.18. The molecule has 1 aromatic carbocycles. The van der Waals surface area contributed by atoms with Crippen LogP contribution >= 0.6 is 0 Å². The number of rotatable bonds is 3. The van der Waals surface area contributed by atoms with Gasteiger partial charge in [0.2, 0.25) is 0 Å². The minimum absolute atomic E-state index is 0.239. The molecule has 1 aromatic heterocycles. The van der Waals surface area contributed by atoms with Crippen LogP contribution in [0.4, 0.5) is 5.82 Å². The van der Waals surface area contributed by atoms with E-state index < -0.39 is 0 Å². The van der Waals surface area contributed by atoms with E-state index in [0.717, 1.165) is 5.82 Å². The third-order valence-electron chi connectivity index (χ3n) is 2.23. The number of aromatic nitrogens is 2. The maximum atomic E-state index is 4.17. The summed E-state index contributed by atoms with van der Waals surface area (Å²) in [6, 6.07) is 10.5. The lowest BCUT2D eigenvalue weighted by Crippen LogP contribution is -2.07. The van der Waals surface area contributed by atoms with Crippen LogP contribution in [0.3, 0.4) is 0 Å². The van der Waals surface area contributed by atoms with Crippen LogP contribution in [0.2, 0.25) is 0 Å². The number of anilines is 1. The van der Waals surface area contributed by atoms with E-state index in [-0.39, 0.29) is 6.04 Å². The summed E-state index contributed by atoms with van der Waals surface area (Å²) in [5, 5.41) is 3.28. The maximum absolute atomic E-state index is 4.17. The molecule has 1 atom stereocenters. The Balaban J connectivity index is 2.08. The van der Waals surface area contributed by atoms with Crippen molar-refractivity contribution < 1.29 is 0 Å². The lowest BCUT2D eigenvalue weighted by molar-refractivity contribution is 0.871. The van der Waals surface area contributed by atoms with Crippen LogP contribution in [0.15, 0.2) is 48.9 Å². The van der Waals surface area contributed by atoms with Gasteiger partial charge < -0.3 is 5.32 Å². The zero-order valence-corrected chi connectivity index (χ0v) is 8.59. The maximum Gasteiger partial charge on any atom is 0.144 e. The van der Waals surface area contributed by atoms with Crippen molar-refractivity contribution >= 4 is 5.82 Å². The Labute approximate surface area is 89.2 Å². The van der Waals surface area contributed by atoms with Gasteiger partial charge in [0.25, 0.3) is 0 Å². The van der Waals surface area contributed by atoms with Gasteiger partial charge in [-0.25, -0.2) is 4.98 Å². The third-order valence-corrected chi connectivity index (χ3v) is 2.23. The summed E-state index contributed by atoms with van der Waals surface area (Å²) in [5.74, 6) is 0.800. The largest absolute Gasteiger partial charge is 0.362 e. The number of nitrogens with zero attached hydrogens (tertiary/aromatic N) is 2. The fraction of sp³-hybridized carbons (Fsp3) is 0.167. The standard InChI is InChI=1S/C12H13N3/c1-10(11-5-3-2-4-6-11)15-12-9-13-7-8-14-12/h2-10H,1H3,(H,14,15). The monoisotopic (exact) mass is 199 g/mol. The summed E-state index contributed by atoms with van der Waals surface area (Å²) in [5.41, 5.74) is 1.24. The predicted octanol–water partition coefficient (Wildman–Crippen LogP) is 2.65. The molecule has 3 nitrogen and oxygen atoms in total. The summed E-state index contributed by atoms with van der Waals surface area (Å²) in [6.07, 6.45) is 5.07. The molecule has 1 heterocycles. The van der Waals surface area contributed by atoms with Gasteiger partial charge in [-0.3, -0.25) is 4.98 Å². The molecule has 0 saturated carbocycles. The predicted molar refractivity (Wildman–Crippen MR) is 60.5 cm³/mol. The van der Waals surface area contributed by atoms with Crippen molar-refractivity contribution in [1.29, 1.82) is 0 Å². The highest BCUT2D eigenvalue weighted by atomic mass is 15.0. The van der Waals surface area contributed by atoms with E-state index in [2.05, 4.69) is 34.3 Å². The quantitative estimate of drug-likeness (QED) is 0.825. The molecule has 0 aliphatic heterocycles. The molecule has 2 aromatic rings. The first-order chi connectivity index (χ1) is 7.36. The van der Waals surface area contributed by atoms with E-state index in [0.29, 0.717) is 0 Å². The van der Waals surface area contributed by atoms with E-state index in [1.807, 2.05) is 18.2 Å². The molecule has 0 saturated heterocycles. The topological polar surface area (TPSA) is 37.8 Å². The normalized spacial score (nSPS) is 12.1. The molecular formula is C12H13N3. The molecule has 0 aliphatic carbocycles. The van der Waals surface area contributed by atoms with Crippen molar-refractivity contribution in [3.05, 3.63) is 54.5 Å². The van der Waals surface area contributed by atoms with E-state index in [1.54, 1.807) is 18.6 Å². The summed E-state index contributed by atoms with van der Waals surface area (Å²) >= 11 is 0. The van der Waals surface area contributed by atoms with Gasteiger partial charge in [0.05, 0.1) is 6.20 Å². The van der Waals surface area contributed by atoms with Crippen molar-refractivity contribution in [3.8, 4) is 0 Å². The Kier molecular flexibility index (Phi) is 2.93. The van der Waals surface area contributed by atoms with Gasteiger partial charge in [0.1, 0.15) is 5.82 Å². The molecule has 0 amide bonds. The smallest absolute Gasteiger partial charge is 0.144 e. The van der Waals surface area contributed by atoms with E-state index in [9.17, 15) is 0 Å². The SMILES string of the molecule is CC(Nc1cnccn1)c1ccccc1. The third kappa shape index (κ3) is 2.53. The first-order valence-electron chi connectivity index (χ1n) is 4.94. The lowest BCUT2D eigenvalue weighted by atomic mass is 10.1. The number of hydrogen-bond acceptors (Lipinski definition) is 3. The van der Waals surface area contributed by atoms with Crippen LogP contribution in [0.25, 0.3) is 0 Å². The molecule has 0 fully saturated rings. The highest BCUT2D eigenvalue weighted by Crippen LogP contribution is 2.15. The molecule has 1 N–H and O–H groups in total. The van der Waals surface area contributed by atoms with Crippen LogP contribution < -0.4 is 5.32 Å². The zero-order chi connectivity index (χ0) is 10.5. The fourth-order valence-corrected chi connectivity index (χ4v) is 1.42. The molecule has 0 radical (unpaired) electrons. The molecule has 1 unspecified atom stereocenters. The molecular weight excluding hydrogens is 186 g/mol. The molecule has 0 spiro atoms. The zero-order valence-electron chi connectivity index (χ0n) is 8.59. The minimum atomic E-state index is 0.239. The van der Waals surface area contributed by atoms with E-state index in [4.69, 9.17) is 0 Å². The van der Waals surface area contributed by atoms with Crippen LogP contribution in [0, 0.1) is 0 Å². The summed E-state index contributed by atoms with van der Waals surface area (Å²) < 4.78 is 0. The number of nitrogens with one attached hydrogen (secondary N) is 1. The van der Waals surface area contributed by atoms with Gasteiger partial charge in [-0.15, -0.1) is 0 Å². The van der Waals surface area contributed by atoms with Crippen LogP contribution in [-0.2, 0) is 0 Å². The number of hydrogen-bond donors (Lipinski definition) is 1. The van der Waals surface area contributed by atoms with Crippen molar-refractivity contribution in [2.45, 2.75) is 13.0 Å². The Hall–Kier alpha value is -1.90. The Morgan fingerprint density at radius 2 is 1.93 bits per heavy atom. The van der Waals surface area contributed by atoms with Crippen molar-refractivity contribution in [3.63, 3.8) is 0 Å². The van der Waals surface area contributed by atoms with E-state index in [1.165, 1.54) is 5.56 Å². The van der Waals surface area contributed by atoms with Gasteiger partial charge in [-0.2, -0.15) is 0 Å². The molecule has 0 bridgehead atoms. The average molecular weight is 199 g/mol. The van der Waals surface area contributed by atoms with Gasteiger partial charge >= 0.3 is 0 Å². The van der Waals surface area contributed by atoms with Crippen LogP contribution in [0.5, 0.6) is 0 Å². The lowest BCUT2D eigenvalue weighted by Gasteiger charge is -2.13. The summed E-state index contributed by atoms with van der Waals surface area (Å²) in [7, 11) is 0. The van der Waals surface area contributed by atoms with Crippen molar-refractivity contribution in [1.82, 2.24) is 9.97 Å². The van der Waals surface area contributed by atoms with Crippen molar-refractivity contribution in [2.24, 2.45) is 0 Å². The molecule has 2 rings (SSSR count). The van der Waals surface area contributed by atoms with Gasteiger partial charge in [-0.05, 0) is 12.5 Å². The Morgan fingerprint density at radius 3 is 2.60 bits per heavy atom. The Bertz CT molecular complexity index is 400. The Morgan fingerprint density at radius 1 is 1.13 bits per heavy atom. The van der Waals surface area contributed by atoms with Gasteiger partial charge in [0.15, 0.2) is 0 Å². The average Bonchev–Trinajstić information content (AvgIpc) is 2.31. The van der Waals surface area contributed by atoms with Gasteiger partial charge in [0, 0.05) is 18.4 Å². The first kappa shape index (κ1) is 9.65. The molecule has 15 heavy (non-hydrogen) atoms.